The van der Waals surface area contributed by atoms with Gasteiger partial charge in [0.1, 0.15) is 5.76 Å². The minimum absolute atomic E-state index is 0.241. The van der Waals surface area contributed by atoms with Crippen LogP contribution in [0.4, 0.5) is 11.4 Å². The summed E-state index contributed by atoms with van der Waals surface area (Å²) in [5.74, 6) is 0.245. The number of fused-ring (bicyclic) bond motifs is 2. The van der Waals surface area contributed by atoms with Gasteiger partial charge in [-0.15, -0.1) is 11.3 Å². The van der Waals surface area contributed by atoms with Crippen molar-refractivity contribution < 1.29 is 9.21 Å². The fraction of sp³-hybridized carbons (Fsp3) is 0.118. The zero-order valence-electron chi connectivity index (χ0n) is 24.6. The van der Waals surface area contributed by atoms with Crippen LogP contribution in [0.25, 0.3) is 16.3 Å². The minimum atomic E-state index is -0.662. The van der Waals surface area contributed by atoms with Crippen LogP contribution in [-0.2, 0) is 4.79 Å². The Bertz CT molecular complexity index is 2230. The second-order valence-corrected chi connectivity index (χ2v) is 13.9. The predicted octanol–water partition coefficient (Wildman–Crippen LogP) is 6.29. The van der Waals surface area contributed by atoms with Crippen molar-refractivity contribution in [2.45, 2.75) is 22.4 Å². The number of hydrogen-bond donors (Lipinski definition) is 1. The summed E-state index contributed by atoms with van der Waals surface area (Å²) in [6, 6.07) is 28.2. The average Bonchev–Trinajstić information content (AvgIpc) is 3.74. The van der Waals surface area contributed by atoms with E-state index in [0.717, 1.165) is 25.8 Å². The van der Waals surface area contributed by atoms with Crippen molar-refractivity contribution >= 4 is 68.0 Å². The van der Waals surface area contributed by atoms with Gasteiger partial charge in [-0.05, 0) is 72.8 Å². The molecule has 1 N–H and O–H groups in total. The van der Waals surface area contributed by atoms with E-state index in [1.807, 2.05) is 117 Å². The number of carbonyl (C=O) groups excluding carboxylic acids is 1. The summed E-state index contributed by atoms with van der Waals surface area (Å²) >= 11 is 4.33. The topological polar surface area (TPSA) is 92.7 Å². The standard InChI is InChI=1S/C34H27N5O3S3/c1-20-29(31(40)36-22-9-5-4-6-10-22)30(21-13-15-23(16-14-21)38(2)3)39-32(41)27(43-33(39)35-20)19-24-17-18-28(42-24)45-34-37-25-11-7-8-12-26(25)44-34/h4-19,30H,1-3H3,(H,36,40)/b27-19-/t30-/m1/s1. The molecule has 224 valence electrons. The maximum absolute atomic E-state index is 14.1. The van der Waals surface area contributed by atoms with Crippen molar-refractivity contribution in [1.82, 2.24) is 9.55 Å². The summed E-state index contributed by atoms with van der Waals surface area (Å²) in [6.45, 7) is 1.82. The Kier molecular flexibility index (Phi) is 7.74. The number of benzene rings is 3. The molecule has 0 spiro atoms. The Morgan fingerprint density at radius 1 is 0.978 bits per heavy atom. The number of nitrogens with one attached hydrogen (secondary N) is 1. The van der Waals surface area contributed by atoms with Crippen molar-refractivity contribution in [1.29, 1.82) is 0 Å². The molecule has 0 saturated carbocycles. The highest BCUT2D eigenvalue weighted by Crippen LogP contribution is 2.35. The van der Waals surface area contributed by atoms with Gasteiger partial charge >= 0.3 is 0 Å². The van der Waals surface area contributed by atoms with E-state index in [9.17, 15) is 9.59 Å². The predicted molar refractivity (Wildman–Crippen MR) is 182 cm³/mol. The first-order chi connectivity index (χ1) is 21.8. The summed E-state index contributed by atoms with van der Waals surface area (Å²) < 4.78 is 10.2. The number of allylic oxidation sites excluding steroid dienone is 1. The van der Waals surface area contributed by atoms with Gasteiger partial charge in [-0.25, -0.2) is 9.98 Å². The summed E-state index contributed by atoms with van der Waals surface area (Å²) in [5.41, 5.74) is 4.19. The number of furan rings is 1. The van der Waals surface area contributed by atoms with Crippen LogP contribution >= 0.6 is 34.4 Å². The van der Waals surface area contributed by atoms with E-state index in [1.165, 1.54) is 23.1 Å². The first-order valence-corrected chi connectivity index (χ1v) is 16.6. The van der Waals surface area contributed by atoms with Gasteiger partial charge in [-0.2, -0.15) is 0 Å². The van der Waals surface area contributed by atoms with Crippen LogP contribution in [0, 0.1) is 0 Å². The quantitative estimate of drug-likeness (QED) is 0.219. The van der Waals surface area contributed by atoms with E-state index in [4.69, 9.17) is 9.41 Å². The van der Waals surface area contributed by atoms with E-state index in [0.29, 0.717) is 37.1 Å². The Balaban J connectivity index is 1.26. The third-order valence-electron chi connectivity index (χ3n) is 7.36. The van der Waals surface area contributed by atoms with Gasteiger partial charge in [0.15, 0.2) is 14.2 Å². The number of amides is 1. The van der Waals surface area contributed by atoms with Crippen molar-refractivity contribution in [3.05, 3.63) is 133 Å². The summed E-state index contributed by atoms with van der Waals surface area (Å²) in [4.78, 5) is 39.8. The van der Waals surface area contributed by atoms with Crippen LogP contribution in [-0.4, -0.2) is 29.6 Å². The Morgan fingerprint density at radius 3 is 2.49 bits per heavy atom. The number of carbonyl (C=O) groups is 1. The number of hydrogen-bond acceptors (Lipinski definition) is 9. The van der Waals surface area contributed by atoms with E-state index in [1.54, 1.807) is 22.0 Å². The molecule has 0 saturated heterocycles. The van der Waals surface area contributed by atoms with Crippen LogP contribution in [0.5, 0.6) is 0 Å². The fourth-order valence-corrected chi connectivity index (χ4v) is 8.17. The van der Waals surface area contributed by atoms with Crippen LogP contribution in [0.15, 0.2) is 126 Å². The molecule has 8 nitrogen and oxygen atoms in total. The van der Waals surface area contributed by atoms with Crippen LogP contribution < -0.4 is 25.1 Å². The lowest BCUT2D eigenvalue weighted by Gasteiger charge is -2.26. The van der Waals surface area contributed by atoms with Crippen molar-refractivity contribution in [2.75, 3.05) is 24.3 Å². The summed E-state index contributed by atoms with van der Waals surface area (Å²) in [7, 11) is 3.94. The van der Waals surface area contributed by atoms with Gasteiger partial charge < -0.3 is 14.6 Å². The maximum atomic E-state index is 14.1. The second kappa shape index (κ2) is 12.0. The number of anilines is 2. The highest BCUT2D eigenvalue weighted by molar-refractivity contribution is 8.01. The monoisotopic (exact) mass is 649 g/mol. The molecule has 3 aromatic heterocycles. The number of nitrogens with zero attached hydrogens (tertiary/aromatic N) is 4. The highest BCUT2D eigenvalue weighted by Gasteiger charge is 2.32. The molecule has 45 heavy (non-hydrogen) atoms. The van der Waals surface area contributed by atoms with Crippen molar-refractivity contribution in [2.24, 2.45) is 4.99 Å². The first-order valence-electron chi connectivity index (χ1n) is 14.1. The molecular weight excluding hydrogens is 623 g/mol. The lowest BCUT2D eigenvalue weighted by molar-refractivity contribution is -0.113. The molecule has 0 aliphatic carbocycles. The SMILES string of the molecule is CC1=C(C(=O)Nc2ccccc2)[C@@H](c2ccc(N(C)C)cc2)n2c(s/c(=C\c3ccc(Sc4nc5ccccc5s4)o3)c2=O)=N1. The average molecular weight is 650 g/mol. The molecule has 6 aromatic rings. The first kappa shape index (κ1) is 29.0. The molecule has 0 bridgehead atoms. The highest BCUT2D eigenvalue weighted by atomic mass is 32.2. The molecule has 7 rings (SSSR count). The zero-order chi connectivity index (χ0) is 31.1. The van der Waals surface area contributed by atoms with E-state index in [2.05, 4.69) is 10.3 Å². The largest absolute Gasteiger partial charge is 0.450 e. The van der Waals surface area contributed by atoms with Gasteiger partial charge in [0.2, 0.25) is 0 Å². The van der Waals surface area contributed by atoms with Gasteiger partial charge in [0.25, 0.3) is 11.5 Å². The van der Waals surface area contributed by atoms with E-state index in [-0.39, 0.29) is 11.5 Å². The van der Waals surface area contributed by atoms with Crippen LogP contribution in [0.3, 0.4) is 0 Å². The van der Waals surface area contributed by atoms with Gasteiger partial charge in [0, 0.05) is 31.5 Å². The number of aromatic nitrogens is 2. The molecule has 0 radical (unpaired) electrons. The number of para-hydroxylation sites is 2. The van der Waals surface area contributed by atoms with Crippen LogP contribution in [0.2, 0.25) is 0 Å². The zero-order valence-corrected chi connectivity index (χ0v) is 27.0. The van der Waals surface area contributed by atoms with Crippen molar-refractivity contribution in [3.8, 4) is 0 Å². The molecule has 11 heteroatoms. The Labute approximate surface area is 270 Å². The van der Waals surface area contributed by atoms with E-state index < -0.39 is 6.04 Å². The third-order valence-corrected chi connectivity index (χ3v) is 10.4. The van der Waals surface area contributed by atoms with Gasteiger partial charge in [-0.1, -0.05) is 53.8 Å². The molecule has 0 unspecified atom stereocenters. The smallest absolute Gasteiger partial charge is 0.271 e. The molecule has 1 amide bonds. The normalized spacial score (nSPS) is 14.8. The van der Waals surface area contributed by atoms with Gasteiger partial charge in [-0.3, -0.25) is 14.2 Å². The molecule has 0 fully saturated rings. The van der Waals surface area contributed by atoms with Crippen LogP contribution in [0.1, 0.15) is 24.3 Å². The van der Waals surface area contributed by atoms with Gasteiger partial charge in [0.05, 0.1) is 32.1 Å². The summed E-state index contributed by atoms with van der Waals surface area (Å²) in [6.07, 6.45) is 1.74. The Hall–Kier alpha value is -4.71. The maximum Gasteiger partial charge on any atom is 0.271 e. The fourth-order valence-electron chi connectivity index (χ4n) is 5.18. The summed E-state index contributed by atoms with van der Waals surface area (Å²) in [5, 5.41) is 3.68. The Morgan fingerprint density at radius 2 is 1.73 bits per heavy atom. The molecular formula is C34H27N5O3S3. The van der Waals surface area contributed by atoms with E-state index >= 15 is 0 Å². The van der Waals surface area contributed by atoms with Crippen molar-refractivity contribution in [3.63, 3.8) is 0 Å². The molecule has 3 aromatic carbocycles. The lowest BCUT2D eigenvalue weighted by atomic mass is 9.95. The number of rotatable bonds is 7. The molecule has 1 atom stereocenters. The third kappa shape index (κ3) is 5.77. The molecule has 1 aliphatic heterocycles. The minimum Gasteiger partial charge on any atom is -0.450 e. The lowest BCUT2D eigenvalue weighted by Crippen LogP contribution is -2.40. The number of thiazole rings is 2. The molecule has 1 aliphatic rings. The second-order valence-electron chi connectivity index (χ2n) is 10.6. The molecule has 4 heterocycles.